The molecule has 2 unspecified atom stereocenters. The van der Waals surface area contributed by atoms with Crippen molar-refractivity contribution in [3.8, 4) is 0 Å². The zero-order valence-corrected chi connectivity index (χ0v) is 11.9. The summed E-state index contributed by atoms with van der Waals surface area (Å²) in [5.74, 6) is -0.390. The van der Waals surface area contributed by atoms with Gasteiger partial charge >= 0.3 is 5.97 Å². The van der Waals surface area contributed by atoms with Crippen LogP contribution in [-0.2, 0) is 4.79 Å². The zero-order valence-electron chi connectivity index (χ0n) is 11.9. The Bertz CT molecular complexity index is 395. The highest BCUT2D eigenvalue weighted by molar-refractivity contribution is 5.69. The van der Waals surface area contributed by atoms with Gasteiger partial charge in [-0.05, 0) is 37.2 Å². The van der Waals surface area contributed by atoms with Gasteiger partial charge in [-0.25, -0.2) is 0 Å². The van der Waals surface area contributed by atoms with Gasteiger partial charge in [0.2, 0.25) is 0 Å². The minimum atomic E-state index is -0.705. The predicted octanol–water partition coefficient (Wildman–Crippen LogP) is 4.63. The first kappa shape index (κ1) is 15.5. The molecule has 0 bridgehead atoms. The molecule has 0 saturated carbocycles. The van der Waals surface area contributed by atoms with Crippen LogP contribution < -0.4 is 0 Å². The lowest BCUT2D eigenvalue weighted by atomic mass is 9.93. The van der Waals surface area contributed by atoms with Crippen molar-refractivity contribution in [3.63, 3.8) is 0 Å². The van der Waals surface area contributed by atoms with Crippen molar-refractivity contribution in [2.45, 2.75) is 45.4 Å². The van der Waals surface area contributed by atoms with Crippen LogP contribution in [0.3, 0.4) is 0 Å². The third-order valence-corrected chi connectivity index (χ3v) is 3.54. The number of hydrogen-bond acceptors (Lipinski definition) is 1. The third kappa shape index (κ3) is 5.73. The van der Waals surface area contributed by atoms with Crippen LogP contribution in [0.2, 0.25) is 0 Å². The van der Waals surface area contributed by atoms with E-state index in [1.54, 1.807) is 6.92 Å². The van der Waals surface area contributed by atoms with Crippen molar-refractivity contribution in [3.05, 3.63) is 48.0 Å². The molecular formula is C17H24O2. The first-order valence-electron chi connectivity index (χ1n) is 7.07. The molecule has 0 aliphatic carbocycles. The van der Waals surface area contributed by atoms with Gasteiger partial charge < -0.3 is 5.11 Å². The van der Waals surface area contributed by atoms with E-state index in [1.165, 1.54) is 5.56 Å². The maximum absolute atomic E-state index is 10.7. The normalized spacial score (nSPS) is 14.4. The molecule has 0 saturated heterocycles. The first-order valence-corrected chi connectivity index (χ1v) is 7.07. The van der Waals surface area contributed by atoms with Gasteiger partial charge in [0, 0.05) is 0 Å². The summed E-state index contributed by atoms with van der Waals surface area (Å²) in [6.07, 6.45) is 8.02. The average molecular weight is 260 g/mol. The molecule has 1 rings (SSSR count). The Morgan fingerprint density at radius 1 is 1.26 bits per heavy atom. The van der Waals surface area contributed by atoms with Crippen molar-refractivity contribution in [2.24, 2.45) is 5.92 Å². The Hall–Kier alpha value is -1.57. The maximum atomic E-state index is 10.7. The molecule has 0 aliphatic rings. The number of carboxylic acid groups (broad SMARTS) is 1. The van der Waals surface area contributed by atoms with E-state index in [1.807, 2.05) is 6.07 Å². The zero-order chi connectivity index (χ0) is 14.1. The molecule has 0 radical (unpaired) electrons. The van der Waals surface area contributed by atoms with Crippen LogP contribution in [0.1, 0.15) is 51.0 Å². The van der Waals surface area contributed by atoms with E-state index in [-0.39, 0.29) is 5.92 Å². The fourth-order valence-electron chi connectivity index (χ4n) is 2.11. The molecule has 1 aromatic rings. The molecule has 1 aromatic carbocycles. The molecule has 0 heterocycles. The molecule has 0 spiro atoms. The van der Waals surface area contributed by atoms with Gasteiger partial charge in [0.15, 0.2) is 0 Å². The first-order chi connectivity index (χ1) is 9.15. The van der Waals surface area contributed by atoms with Gasteiger partial charge in [-0.1, -0.05) is 56.3 Å². The smallest absolute Gasteiger partial charge is 0.306 e. The van der Waals surface area contributed by atoms with E-state index in [4.69, 9.17) is 5.11 Å². The van der Waals surface area contributed by atoms with Crippen molar-refractivity contribution in [1.82, 2.24) is 0 Å². The van der Waals surface area contributed by atoms with Crippen LogP contribution in [-0.4, -0.2) is 11.1 Å². The second kappa shape index (κ2) is 8.52. The molecule has 0 fully saturated rings. The summed E-state index contributed by atoms with van der Waals surface area (Å²) < 4.78 is 0. The summed E-state index contributed by atoms with van der Waals surface area (Å²) in [4.78, 5) is 10.7. The van der Waals surface area contributed by atoms with Crippen molar-refractivity contribution in [1.29, 1.82) is 0 Å². The Kier molecular flexibility index (Phi) is 6.94. The van der Waals surface area contributed by atoms with E-state index in [0.717, 1.165) is 19.3 Å². The van der Waals surface area contributed by atoms with Crippen molar-refractivity contribution in [2.75, 3.05) is 0 Å². The fourth-order valence-corrected chi connectivity index (χ4v) is 2.11. The monoisotopic (exact) mass is 260 g/mol. The van der Waals surface area contributed by atoms with E-state index < -0.39 is 5.97 Å². The van der Waals surface area contributed by atoms with Crippen LogP contribution in [0.5, 0.6) is 0 Å². The standard InChI is InChI=1S/C17H24O2/c1-3-15(16-12-8-5-9-13-16)11-7-4-6-10-14(2)17(18)19/h4-5,7-9,12-15H,3,6,10-11H2,1-2H3,(H,18,19)/b7-4+. The minimum absolute atomic E-state index is 0.249. The molecule has 2 heteroatoms. The molecule has 2 nitrogen and oxygen atoms in total. The third-order valence-electron chi connectivity index (χ3n) is 3.54. The van der Waals surface area contributed by atoms with E-state index in [9.17, 15) is 4.79 Å². The van der Waals surface area contributed by atoms with Crippen molar-refractivity contribution >= 4 is 5.97 Å². The van der Waals surface area contributed by atoms with Gasteiger partial charge in [-0.3, -0.25) is 4.79 Å². The summed E-state index contributed by atoms with van der Waals surface area (Å²) in [6, 6.07) is 10.6. The van der Waals surface area contributed by atoms with Crippen molar-refractivity contribution < 1.29 is 9.90 Å². The second-order valence-electron chi connectivity index (χ2n) is 5.04. The predicted molar refractivity (Wildman–Crippen MR) is 79.3 cm³/mol. The van der Waals surface area contributed by atoms with Crippen LogP contribution in [0.15, 0.2) is 42.5 Å². The van der Waals surface area contributed by atoms with Gasteiger partial charge in [-0.2, -0.15) is 0 Å². The van der Waals surface area contributed by atoms with E-state index >= 15 is 0 Å². The average Bonchev–Trinajstić information content (AvgIpc) is 2.43. The summed E-state index contributed by atoms with van der Waals surface area (Å²) in [5.41, 5.74) is 1.38. The molecule has 19 heavy (non-hydrogen) atoms. The van der Waals surface area contributed by atoms with Gasteiger partial charge in [0.25, 0.3) is 0 Å². The quantitative estimate of drug-likeness (QED) is 0.692. The number of rotatable bonds is 8. The molecule has 2 atom stereocenters. The molecular weight excluding hydrogens is 236 g/mol. The SMILES string of the molecule is CCC(C/C=C/CCC(C)C(=O)O)c1ccccc1. The molecule has 1 N–H and O–H groups in total. The summed E-state index contributed by atoms with van der Waals surface area (Å²) in [6.45, 7) is 3.97. The lowest BCUT2D eigenvalue weighted by Gasteiger charge is -2.12. The lowest BCUT2D eigenvalue weighted by Crippen LogP contribution is -2.08. The van der Waals surface area contributed by atoms with Crippen LogP contribution >= 0.6 is 0 Å². The highest BCUT2D eigenvalue weighted by Crippen LogP contribution is 2.23. The van der Waals surface area contributed by atoms with Gasteiger partial charge in [0.05, 0.1) is 5.92 Å². The fraction of sp³-hybridized carbons (Fsp3) is 0.471. The number of hydrogen-bond donors (Lipinski definition) is 1. The number of benzene rings is 1. The molecule has 0 aromatic heterocycles. The minimum Gasteiger partial charge on any atom is -0.481 e. The number of carboxylic acids is 1. The van der Waals surface area contributed by atoms with Crippen LogP contribution in [0.25, 0.3) is 0 Å². The molecule has 0 aliphatic heterocycles. The molecule has 0 amide bonds. The topological polar surface area (TPSA) is 37.3 Å². The molecule has 104 valence electrons. The summed E-state index contributed by atoms with van der Waals surface area (Å²) in [5, 5.41) is 8.79. The van der Waals surface area contributed by atoms with Gasteiger partial charge in [0.1, 0.15) is 0 Å². The largest absolute Gasteiger partial charge is 0.481 e. The van der Waals surface area contributed by atoms with Crippen LogP contribution in [0.4, 0.5) is 0 Å². The summed E-state index contributed by atoms with van der Waals surface area (Å²) in [7, 11) is 0. The lowest BCUT2D eigenvalue weighted by molar-refractivity contribution is -0.141. The van der Waals surface area contributed by atoms with E-state index in [2.05, 4.69) is 43.3 Å². The summed E-state index contributed by atoms with van der Waals surface area (Å²) >= 11 is 0. The Labute approximate surface area is 116 Å². The Balaban J connectivity index is 2.36. The highest BCUT2D eigenvalue weighted by atomic mass is 16.4. The Morgan fingerprint density at radius 2 is 1.95 bits per heavy atom. The number of allylic oxidation sites excluding steroid dienone is 2. The number of aliphatic carboxylic acids is 1. The number of carbonyl (C=O) groups is 1. The van der Waals surface area contributed by atoms with E-state index in [0.29, 0.717) is 12.3 Å². The maximum Gasteiger partial charge on any atom is 0.306 e. The second-order valence-corrected chi connectivity index (χ2v) is 5.04. The Morgan fingerprint density at radius 3 is 2.53 bits per heavy atom. The van der Waals surface area contributed by atoms with Gasteiger partial charge in [-0.15, -0.1) is 0 Å². The highest BCUT2D eigenvalue weighted by Gasteiger charge is 2.09. The van der Waals surface area contributed by atoms with Crippen LogP contribution in [0, 0.1) is 5.92 Å².